The average Bonchev–Trinajstić information content (AvgIpc) is 3.39. The number of nitriles is 1. The van der Waals surface area contributed by atoms with Crippen LogP contribution in [0.3, 0.4) is 0 Å². The van der Waals surface area contributed by atoms with E-state index in [9.17, 15) is 18.0 Å². The number of benzene rings is 2. The van der Waals surface area contributed by atoms with Crippen molar-refractivity contribution in [3.8, 4) is 17.9 Å². The fraction of sp³-hybridized carbons (Fsp3) is 0.324. The van der Waals surface area contributed by atoms with Crippen molar-refractivity contribution in [2.24, 2.45) is 0 Å². The molecule has 1 saturated heterocycles. The molecule has 0 unspecified atom stereocenters. The maximum Gasteiger partial charge on any atom is 0.416 e. The third kappa shape index (κ3) is 8.73. The first-order chi connectivity index (χ1) is 22.5. The lowest BCUT2D eigenvalue weighted by Crippen LogP contribution is -2.44. The predicted octanol–water partition coefficient (Wildman–Crippen LogP) is 5.37. The highest BCUT2D eigenvalue weighted by molar-refractivity contribution is 6.04. The molecule has 0 saturated carbocycles. The molecule has 2 N–H and O–H groups in total. The minimum atomic E-state index is -4.56. The molecule has 1 aliphatic heterocycles. The molecule has 242 valence electrons. The molecule has 1 amide bonds. The Morgan fingerprint density at radius 1 is 1.02 bits per heavy atom. The lowest BCUT2D eigenvalue weighted by molar-refractivity contribution is -0.138. The van der Waals surface area contributed by atoms with E-state index < -0.39 is 17.6 Å². The maximum absolute atomic E-state index is 14.0. The summed E-state index contributed by atoms with van der Waals surface area (Å²) in [6.07, 6.45) is 0.708. The van der Waals surface area contributed by atoms with E-state index in [0.29, 0.717) is 43.1 Å². The Morgan fingerprint density at radius 2 is 1.77 bits per heavy atom. The molecule has 5 rings (SSSR count). The first-order valence-corrected chi connectivity index (χ1v) is 15.0. The van der Waals surface area contributed by atoms with Gasteiger partial charge in [0.15, 0.2) is 0 Å². The van der Waals surface area contributed by atoms with Gasteiger partial charge in [0.25, 0.3) is 5.91 Å². The van der Waals surface area contributed by atoms with E-state index in [2.05, 4.69) is 48.5 Å². The summed E-state index contributed by atoms with van der Waals surface area (Å²) in [5, 5.41) is 18.9. The standard InChI is InChI=1S/C34H34F3N9O/c1-23-5-7-27(32(47)41-29-10-9-28(30(18-29)34(35,36)37)21-45-15-13-44(3)14-16-45)17-26(23)8-6-25-19-39-33(40-20-25)42-31-22-46(12-4-11-38)43-24(31)2/h5,7,9-10,17-20,22H,4,12-16,21H2,1-3H3,(H,41,47)(H,39,40,42). The Labute approximate surface area is 271 Å². The Balaban J connectivity index is 1.26. The Hall–Kier alpha value is -5.24. The highest BCUT2D eigenvalue weighted by Crippen LogP contribution is 2.35. The summed E-state index contributed by atoms with van der Waals surface area (Å²) in [7, 11) is 1.99. The van der Waals surface area contributed by atoms with Crippen molar-refractivity contribution in [2.75, 3.05) is 43.9 Å². The second-order valence-electron chi connectivity index (χ2n) is 11.4. The van der Waals surface area contributed by atoms with Gasteiger partial charge in [0.2, 0.25) is 5.95 Å². The molecule has 4 aromatic rings. The second-order valence-corrected chi connectivity index (χ2v) is 11.4. The van der Waals surface area contributed by atoms with Gasteiger partial charge in [-0.3, -0.25) is 14.4 Å². The molecule has 13 heteroatoms. The summed E-state index contributed by atoms with van der Waals surface area (Å²) in [5.41, 5.74) is 3.17. The first kappa shape index (κ1) is 33.1. The van der Waals surface area contributed by atoms with Gasteiger partial charge in [-0.15, -0.1) is 0 Å². The summed E-state index contributed by atoms with van der Waals surface area (Å²) in [6, 6.07) is 11.0. The molecule has 10 nitrogen and oxygen atoms in total. The number of likely N-dealkylation sites (N-methyl/N-ethyl adjacent to an activating group) is 1. The van der Waals surface area contributed by atoms with E-state index in [1.54, 1.807) is 41.5 Å². The van der Waals surface area contributed by atoms with E-state index in [1.807, 2.05) is 25.8 Å². The number of halogens is 3. The van der Waals surface area contributed by atoms with E-state index in [1.165, 1.54) is 12.1 Å². The number of nitrogens with one attached hydrogen (secondary N) is 2. The summed E-state index contributed by atoms with van der Waals surface area (Å²) < 4.78 is 43.8. The molecule has 0 atom stereocenters. The van der Waals surface area contributed by atoms with Crippen LogP contribution in [-0.4, -0.2) is 68.7 Å². The number of nitrogens with zero attached hydrogens (tertiary/aromatic N) is 7. The molecule has 1 aliphatic rings. The zero-order valence-corrected chi connectivity index (χ0v) is 26.3. The third-order valence-electron chi connectivity index (χ3n) is 7.80. The minimum Gasteiger partial charge on any atom is -0.322 e. The summed E-state index contributed by atoms with van der Waals surface area (Å²) in [5.74, 6) is 5.85. The lowest BCUT2D eigenvalue weighted by atomic mass is 10.0. The zero-order valence-electron chi connectivity index (χ0n) is 26.3. The smallest absolute Gasteiger partial charge is 0.322 e. The number of aromatic nitrogens is 4. The fourth-order valence-electron chi connectivity index (χ4n) is 5.04. The van der Waals surface area contributed by atoms with E-state index in [4.69, 9.17) is 5.26 Å². The van der Waals surface area contributed by atoms with Crippen LogP contribution >= 0.6 is 0 Å². The molecule has 1 fully saturated rings. The van der Waals surface area contributed by atoms with E-state index >= 15 is 0 Å². The Kier molecular flexibility index (Phi) is 10.2. The van der Waals surface area contributed by atoms with Crippen LogP contribution in [0.25, 0.3) is 0 Å². The molecule has 0 aliphatic carbocycles. The zero-order chi connectivity index (χ0) is 33.6. The monoisotopic (exact) mass is 641 g/mol. The number of alkyl halides is 3. The number of aryl methyl sites for hydroxylation is 3. The summed E-state index contributed by atoms with van der Waals surface area (Å²) in [4.78, 5) is 25.9. The van der Waals surface area contributed by atoms with Gasteiger partial charge in [0.05, 0.1) is 41.5 Å². The number of carbonyl (C=O) groups is 1. The third-order valence-corrected chi connectivity index (χ3v) is 7.80. The van der Waals surface area contributed by atoms with Gasteiger partial charge in [-0.25, -0.2) is 9.97 Å². The number of hydrogen-bond donors (Lipinski definition) is 2. The number of carbonyl (C=O) groups excluding carboxylic acids is 1. The van der Waals surface area contributed by atoms with Crippen molar-refractivity contribution < 1.29 is 18.0 Å². The van der Waals surface area contributed by atoms with Gasteiger partial charge in [-0.1, -0.05) is 24.0 Å². The van der Waals surface area contributed by atoms with Crippen LogP contribution in [0.5, 0.6) is 0 Å². The van der Waals surface area contributed by atoms with Crippen LogP contribution in [0, 0.1) is 37.0 Å². The molecular formula is C34H34F3N9O. The molecule has 2 aromatic carbocycles. The van der Waals surface area contributed by atoms with Crippen molar-refractivity contribution in [1.82, 2.24) is 29.5 Å². The van der Waals surface area contributed by atoms with Crippen molar-refractivity contribution in [1.29, 1.82) is 5.26 Å². The Bertz CT molecular complexity index is 1840. The normalized spacial score (nSPS) is 13.8. The SMILES string of the molecule is Cc1ccc(C(=O)Nc2ccc(CN3CCN(C)CC3)c(C(F)(F)F)c2)cc1C#Cc1cnc(Nc2cn(CCC#N)nc2C)nc1. The van der Waals surface area contributed by atoms with Crippen molar-refractivity contribution in [3.63, 3.8) is 0 Å². The van der Waals surface area contributed by atoms with E-state index in [-0.39, 0.29) is 23.4 Å². The van der Waals surface area contributed by atoms with Gasteiger partial charge in [-0.05, 0) is 56.3 Å². The van der Waals surface area contributed by atoms with Gasteiger partial charge < -0.3 is 15.5 Å². The molecular weight excluding hydrogens is 607 g/mol. The van der Waals surface area contributed by atoms with Crippen molar-refractivity contribution in [3.05, 3.63) is 94.1 Å². The number of piperazine rings is 1. The molecule has 47 heavy (non-hydrogen) atoms. The maximum atomic E-state index is 14.0. The fourth-order valence-corrected chi connectivity index (χ4v) is 5.04. The van der Waals surface area contributed by atoms with Crippen molar-refractivity contribution in [2.45, 2.75) is 39.5 Å². The van der Waals surface area contributed by atoms with Gasteiger partial charge in [0.1, 0.15) is 0 Å². The quantitative estimate of drug-likeness (QED) is 0.247. The minimum absolute atomic E-state index is 0.0632. The van der Waals surface area contributed by atoms with Crippen LogP contribution in [0.1, 0.15) is 50.3 Å². The summed E-state index contributed by atoms with van der Waals surface area (Å²) >= 11 is 0. The average molecular weight is 642 g/mol. The van der Waals surface area contributed by atoms with Crippen molar-refractivity contribution >= 4 is 23.2 Å². The van der Waals surface area contributed by atoms with E-state index in [0.717, 1.165) is 36.1 Å². The molecule has 0 spiro atoms. The number of amides is 1. The molecule has 0 radical (unpaired) electrons. The van der Waals surface area contributed by atoms with Crippen LogP contribution in [0.2, 0.25) is 0 Å². The van der Waals surface area contributed by atoms with Crippen LogP contribution in [-0.2, 0) is 19.3 Å². The van der Waals surface area contributed by atoms with Crippen LogP contribution in [0.4, 0.5) is 30.5 Å². The van der Waals surface area contributed by atoms with Crippen LogP contribution in [0.15, 0.2) is 55.0 Å². The number of hydrogen-bond acceptors (Lipinski definition) is 8. The highest BCUT2D eigenvalue weighted by Gasteiger charge is 2.34. The lowest BCUT2D eigenvalue weighted by Gasteiger charge is -2.33. The summed E-state index contributed by atoms with van der Waals surface area (Å²) in [6.45, 7) is 7.36. The van der Waals surface area contributed by atoms with Gasteiger partial charge in [0, 0.05) is 68.1 Å². The number of rotatable bonds is 8. The topological polar surface area (TPSA) is 115 Å². The van der Waals surface area contributed by atoms with Crippen LogP contribution < -0.4 is 10.6 Å². The number of anilines is 3. The van der Waals surface area contributed by atoms with Gasteiger partial charge in [-0.2, -0.15) is 23.5 Å². The highest BCUT2D eigenvalue weighted by atomic mass is 19.4. The second kappa shape index (κ2) is 14.5. The first-order valence-electron chi connectivity index (χ1n) is 15.0. The largest absolute Gasteiger partial charge is 0.416 e. The molecule has 2 aromatic heterocycles. The predicted molar refractivity (Wildman–Crippen MR) is 172 cm³/mol. The van der Waals surface area contributed by atoms with Gasteiger partial charge >= 0.3 is 6.18 Å². The Morgan fingerprint density at radius 3 is 2.47 bits per heavy atom. The molecule has 0 bridgehead atoms. The molecule has 3 heterocycles.